The number of hydrogen-bond donors (Lipinski definition) is 0. The fraction of sp³-hybridized carbons (Fsp3) is 0.562. The van der Waals surface area contributed by atoms with Crippen molar-refractivity contribution in [3.63, 3.8) is 0 Å². The second kappa shape index (κ2) is 4.11. The predicted molar refractivity (Wildman–Crippen MR) is 71.1 cm³/mol. The second-order valence-corrected chi connectivity index (χ2v) is 6.22. The fourth-order valence-corrected chi connectivity index (χ4v) is 3.35. The number of ketones is 1. The zero-order valence-electron chi connectivity index (χ0n) is 11.2. The predicted octanol–water partition coefficient (Wildman–Crippen LogP) is 3.63. The van der Waals surface area contributed by atoms with E-state index < -0.39 is 0 Å². The maximum atomic E-state index is 12.6. The molecule has 1 atom stereocenters. The average Bonchev–Trinajstić information content (AvgIpc) is 2.92. The van der Waals surface area contributed by atoms with Crippen LogP contribution in [0.25, 0.3) is 0 Å². The van der Waals surface area contributed by atoms with Gasteiger partial charge >= 0.3 is 0 Å². The van der Waals surface area contributed by atoms with Gasteiger partial charge in [-0.05, 0) is 42.0 Å². The van der Waals surface area contributed by atoms with Crippen molar-refractivity contribution in [3.8, 4) is 5.75 Å². The van der Waals surface area contributed by atoms with E-state index in [1.54, 1.807) is 0 Å². The van der Waals surface area contributed by atoms with Crippen LogP contribution in [0.15, 0.2) is 18.2 Å². The minimum atomic E-state index is 0.159. The van der Waals surface area contributed by atoms with Gasteiger partial charge in [0.15, 0.2) is 5.78 Å². The fourth-order valence-electron chi connectivity index (χ4n) is 3.35. The van der Waals surface area contributed by atoms with Gasteiger partial charge in [-0.2, -0.15) is 0 Å². The van der Waals surface area contributed by atoms with Gasteiger partial charge in [0.2, 0.25) is 0 Å². The lowest BCUT2D eigenvalue weighted by atomic mass is 9.77. The molecule has 18 heavy (non-hydrogen) atoms. The third-order valence-corrected chi connectivity index (χ3v) is 4.55. The molecule has 1 aromatic rings. The Morgan fingerprint density at radius 3 is 2.94 bits per heavy atom. The van der Waals surface area contributed by atoms with Crippen molar-refractivity contribution in [1.82, 2.24) is 0 Å². The van der Waals surface area contributed by atoms with E-state index in [1.165, 1.54) is 12.0 Å². The van der Waals surface area contributed by atoms with Crippen molar-refractivity contribution in [2.75, 3.05) is 6.61 Å². The SMILES string of the molecule is CC1(C)CCCC1C(=O)c1ccc2c(c1)CCO2. The summed E-state index contributed by atoms with van der Waals surface area (Å²) in [5, 5.41) is 0. The van der Waals surface area contributed by atoms with Gasteiger partial charge in [0, 0.05) is 17.9 Å². The maximum absolute atomic E-state index is 12.6. The zero-order chi connectivity index (χ0) is 12.8. The maximum Gasteiger partial charge on any atom is 0.166 e. The molecule has 0 amide bonds. The van der Waals surface area contributed by atoms with Gasteiger partial charge in [0.25, 0.3) is 0 Å². The zero-order valence-corrected chi connectivity index (χ0v) is 11.2. The minimum absolute atomic E-state index is 0.159. The van der Waals surface area contributed by atoms with Gasteiger partial charge in [0.05, 0.1) is 6.61 Å². The molecule has 3 rings (SSSR count). The van der Waals surface area contributed by atoms with Crippen LogP contribution in [-0.4, -0.2) is 12.4 Å². The van der Waals surface area contributed by atoms with Crippen molar-refractivity contribution in [2.45, 2.75) is 39.5 Å². The standard InChI is InChI=1S/C16H20O2/c1-16(2)8-3-4-13(16)15(17)12-5-6-14-11(10-12)7-9-18-14/h5-6,10,13H,3-4,7-9H2,1-2H3. The van der Waals surface area contributed by atoms with Crippen molar-refractivity contribution < 1.29 is 9.53 Å². The first-order valence-electron chi connectivity index (χ1n) is 6.88. The number of ether oxygens (including phenoxy) is 1. The molecule has 2 heteroatoms. The largest absolute Gasteiger partial charge is 0.493 e. The van der Waals surface area contributed by atoms with Crippen LogP contribution in [0.1, 0.15) is 49.0 Å². The van der Waals surface area contributed by atoms with E-state index in [-0.39, 0.29) is 11.3 Å². The molecule has 0 radical (unpaired) electrons. The third-order valence-electron chi connectivity index (χ3n) is 4.55. The Morgan fingerprint density at radius 1 is 1.39 bits per heavy atom. The number of benzene rings is 1. The smallest absolute Gasteiger partial charge is 0.166 e. The average molecular weight is 244 g/mol. The van der Waals surface area contributed by atoms with Crippen molar-refractivity contribution in [1.29, 1.82) is 0 Å². The number of hydrogen-bond acceptors (Lipinski definition) is 2. The van der Waals surface area contributed by atoms with Gasteiger partial charge in [-0.15, -0.1) is 0 Å². The normalized spacial score (nSPS) is 24.7. The molecular formula is C16H20O2. The summed E-state index contributed by atoms with van der Waals surface area (Å²) in [6.07, 6.45) is 4.32. The summed E-state index contributed by atoms with van der Waals surface area (Å²) in [5.74, 6) is 1.47. The first kappa shape index (κ1) is 11.8. The number of carbonyl (C=O) groups is 1. The number of Topliss-reactive ketones (excluding diaryl/α,β-unsaturated/α-hetero) is 1. The van der Waals surface area contributed by atoms with Crippen LogP contribution in [0.3, 0.4) is 0 Å². The molecule has 96 valence electrons. The van der Waals surface area contributed by atoms with E-state index in [0.29, 0.717) is 5.78 Å². The molecule has 1 saturated carbocycles. The van der Waals surface area contributed by atoms with Crippen LogP contribution < -0.4 is 4.74 Å². The Balaban J connectivity index is 1.89. The highest BCUT2D eigenvalue weighted by molar-refractivity contribution is 5.98. The monoisotopic (exact) mass is 244 g/mol. The quantitative estimate of drug-likeness (QED) is 0.743. The molecule has 0 saturated heterocycles. The molecule has 0 N–H and O–H groups in total. The van der Waals surface area contributed by atoms with E-state index in [1.807, 2.05) is 18.2 Å². The number of carbonyl (C=O) groups excluding carboxylic acids is 1. The van der Waals surface area contributed by atoms with Crippen LogP contribution in [0.5, 0.6) is 5.75 Å². The highest BCUT2D eigenvalue weighted by Gasteiger charge is 2.39. The topological polar surface area (TPSA) is 26.3 Å². The Labute approximate surface area is 108 Å². The second-order valence-electron chi connectivity index (χ2n) is 6.22. The van der Waals surface area contributed by atoms with Crippen LogP contribution in [0, 0.1) is 11.3 Å². The lowest BCUT2D eigenvalue weighted by molar-refractivity contribution is 0.0839. The van der Waals surface area contributed by atoms with Crippen molar-refractivity contribution in [3.05, 3.63) is 29.3 Å². The van der Waals surface area contributed by atoms with E-state index in [2.05, 4.69) is 13.8 Å². The summed E-state index contributed by atoms with van der Waals surface area (Å²) in [7, 11) is 0. The highest BCUT2D eigenvalue weighted by Crippen LogP contribution is 2.44. The summed E-state index contributed by atoms with van der Waals surface area (Å²) in [6.45, 7) is 5.19. The molecular weight excluding hydrogens is 224 g/mol. The molecule has 1 fully saturated rings. The summed E-state index contributed by atoms with van der Waals surface area (Å²) in [5.41, 5.74) is 2.22. The number of rotatable bonds is 2. The van der Waals surface area contributed by atoms with E-state index in [0.717, 1.165) is 37.2 Å². The van der Waals surface area contributed by atoms with Gasteiger partial charge in [0.1, 0.15) is 5.75 Å². The molecule has 0 spiro atoms. The molecule has 2 aliphatic rings. The Kier molecular flexibility index (Phi) is 2.69. The summed E-state index contributed by atoms with van der Waals surface area (Å²) in [6, 6.07) is 5.93. The molecule has 1 aromatic carbocycles. The molecule has 1 unspecified atom stereocenters. The summed E-state index contributed by atoms with van der Waals surface area (Å²) >= 11 is 0. The molecule has 1 aliphatic carbocycles. The van der Waals surface area contributed by atoms with Gasteiger partial charge in [-0.3, -0.25) is 4.79 Å². The summed E-state index contributed by atoms with van der Waals surface area (Å²) < 4.78 is 5.49. The lowest BCUT2D eigenvalue weighted by Crippen LogP contribution is -2.25. The van der Waals surface area contributed by atoms with Gasteiger partial charge in [-0.1, -0.05) is 20.3 Å². The Bertz CT molecular complexity index is 488. The third kappa shape index (κ3) is 1.84. The Morgan fingerprint density at radius 2 is 2.22 bits per heavy atom. The van der Waals surface area contributed by atoms with Crippen molar-refractivity contribution >= 4 is 5.78 Å². The minimum Gasteiger partial charge on any atom is -0.493 e. The summed E-state index contributed by atoms with van der Waals surface area (Å²) in [4.78, 5) is 12.6. The van der Waals surface area contributed by atoms with Crippen LogP contribution in [0.2, 0.25) is 0 Å². The van der Waals surface area contributed by atoms with Crippen molar-refractivity contribution in [2.24, 2.45) is 11.3 Å². The lowest BCUT2D eigenvalue weighted by Gasteiger charge is -2.25. The molecule has 2 nitrogen and oxygen atoms in total. The Hall–Kier alpha value is -1.31. The molecule has 1 heterocycles. The van der Waals surface area contributed by atoms with Crippen LogP contribution >= 0.6 is 0 Å². The van der Waals surface area contributed by atoms with E-state index >= 15 is 0 Å². The van der Waals surface area contributed by atoms with Gasteiger partial charge in [-0.25, -0.2) is 0 Å². The molecule has 1 aliphatic heterocycles. The van der Waals surface area contributed by atoms with Gasteiger partial charge < -0.3 is 4.74 Å². The highest BCUT2D eigenvalue weighted by atomic mass is 16.5. The first-order valence-corrected chi connectivity index (χ1v) is 6.88. The van der Waals surface area contributed by atoms with E-state index in [9.17, 15) is 4.79 Å². The van der Waals surface area contributed by atoms with Crippen LogP contribution in [0.4, 0.5) is 0 Å². The molecule has 0 bridgehead atoms. The molecule has 0 aromatic heterocycles. The van der Waals surface area contributed by atoms with Crippen LogP contribution in [-0.2, 0) is 6.42 Å². The number of fused-ring (bicyclic) bond motifs is 1. The van der Waals surface area contributed by atoms with E-state index in [4.69, 9.17) is 4.74 Å². The first-order chi connectivity index (χ1) is 8.58.